The SMILES string of the molecule is COc1cccc(-c2nc(Nc3ncc(C(=O)Nc4c(C)cccc4Cl)s3)nc(N3CCN(CCO)CC3)n2)c1. The maximum atomic E-state index is 12.9. The fourth-order valence-corrected chi connectivity index (χ4v) is 5.24. The quantitative estimate of drug-likeness (QED) is 0.266. The van der Waals surface area contributed by atoms with Crippen LogP contribution in [0.15, 0.2) is 48.7 Å². The number of ether oxygens (including phenoxy) is 1. The van der Waals surface area contributed by atoms with Gasteiger partial charge in [0.05, 0.1) is 30.6 Å². The van der Waals surface area contributed by atoms with Crippen LogP contribution in [0.5, 0.6) is 5.75 Å². The van der Waals surface area contributed by atoms with E-state index in [0.717, 1.165) is 24.2 Å². The van der Waals surface area contributed by atoms with Gasteiger partial charge in [0.25, 0.3) is 5.91 Å². The van der Waals surface area contributed by atoms with Crippen molar-refractivity contribution in [3.8, 4) is 17.1 Å². The van der Waals surface area contributed by atoms with E-state index in [4.69, 9.17) is 21.3 Å². The second-order valence-electron chi connectivity index (χ2n) is 9.11. The third-order valence-corrected chi connectivity index (χ3v) is 7.66. The molecule has 1 aliphatic rings. The van der Waals surface area contributed by atoms with Gasteiger partial charge in [-0.05, 0) is 30.7 Å². The molecule has 0 aliphatic carbocycles. The second kappa shape index (κ2) is 12.6. The zero-order chi connectivity index (χ0) is 28.1. The van der Waals surface area contributed by atoms with E-state index in [1.54, 1.807) is 13.2 Å². The summed E-state index contributed by atoms with van der Waals surface area (Å²) >= 11 is 7.45. The molecule has 2 aromatic carbocycles. The number of halogens is 1. The number of amides is 1. The maximum absolute atomic E-state index is 12.9. The van der Waals surface area contributed by atoms with E-state index in [9.17, 15) is 9.90 Å². The Bertz CT molecular complexity index is 1470. The summed E-state index contributed by atoms with van der Waals surface area (Å²) in [4.78, 5) is 36.1. The van der Waals surface area contributed by atoms with Crippen LogP contribution in [0.4, 0.5) is 22.7 Å². The van der Waals surface area contributed by atoms with Crippen LogP contribution in [0, 0.1) is 6.92 Å². The van der Waals surface area contributed by atoms with Gasteiger partial charge in [0.1, 0.15) is 10.6 Å². The highest BCUT2D eigenvalue weighted by Crippen LogP contribution is 2.29. The first-order valence-electron chi connectivity index (χ1n) is 12.7. The van der Waals surface area contributed by atoms with Crippen molar-refractivity contribution >= 4 is 51.6 Å². The van der Waals surface area contributed by atoms with E-state index < -0.39 is 0 Å². The predicted octanol–water partition coefficient (Wildman–Crippen LogP) is 4.08. The average Bonchev–Trinajstić information content (AvgIpc) is 3.44. The van der Waals surface area contributed by atoms with Crippen LogP contribution >= 0.6 is 22.9 Å². The standard InChI is InChI=1S/C27H29ClN8O3S/c1-17-5-3-8-20(28)22(17)30-24(38)21-16-29-27(40-21)34-25-31-23(18-6-4-7-19(15-18)39-2)32-26(33-25)36-11-9-35(10-12-36)13-14-37/h3-8,15-16,37H,9-14H2,1-2H3,(H,30,38)(H,29,31,32,33,34). The van der Waals surface area contributed by atoms with Crippen molar-refractivity contribution in [2.45, 2.75) is 6.92 Å². The normalized spacial score (nSPS) is 13.8. The average molecular weight is 581 g/mol. The van der Waals surface area contributed by atoms with Gasteiger partial charge in [0, 0.05) is 38.3 Å². The minimum absolute atomic E-state index is 0.131. The van der Waals surface area contributed by atoms with Crippen molar-refractivity contribution in [3.63, 3.8) is 0 Å². The number of hydrogen-bond donors (Lipinski definition) is 3. The number of piperazine rings is 1. The number of β-amino-alcohol motifs (C(OH)–C–C–N with tert-alkyl or cyclic N) is 1. The molecular weight excluding hydrogens is 552 g/mol. The Labute approximate surface area is 240 Å². The van der Waals surface area contributed by atoms with Crippen molar-refractivity contribution < 1.29 is 14.6 Å². The number of nitrogens with one attached hydrogen (secondary N) is 2. The van der Waals surface area contributed by atoms with Gasteiger partial charge >= 0.3 is 0 Å². The van der Waals surface area contributed by atoms with Gasteiger partial charge in [0.2, 0.25) is 11.9 Å². The Hall–Kier alpha value is -3.84. The van der Waals surface area contributed by atoms with Gasteiger partial charge in [-0.2, -0.15) is 15.0 Å². The smallest absolute Gasteiger partial charge is 0.267 e. The molecule has 0 saturated carbocycles. The lowest BCUT2D eigenvalue weighted by atomic mass is 10.2. The molecule has 1 saturated heterocycles. The first-order chi connectivity index (χ1) is 19.4. The highest BCUT2D eigenvalue weighted by atomic mass is 35.5. The number of aliphatic hydroxyl groups is 1. The van der Waals surface area contributed by atoms with Crippen molar-refractivity contribution in [1.29, 1.82) is 0 Å². The molecule has 11 nitrogen and oxygen atoms in total. The number of benzene rings is 2. The zero-order valence-electron chi connectivity index (χ0n) is 22.1. The highest BCUT2D eigenvalue weighted by Gasteiger charge is 2.21. The van der Waals surface area contributed by atoms with Crippen LogP contribution in [0.25, 0.3) is 11.4 Å². The number of para-hydroxylation sites is 1. The summed E-state index contributed by atoms with van der Waals surface area (Å²) in [5.74, 6) is 1.70. The third-order valence-electron chi connectivity index (χ3n) is 6.43. The molecule has 5 rings (SSSR count). The molecule has 0 spiro atoms. The lowest BCUT2D eigenvalue weighted by Crippen LogP contribution is -2.47. The summed E-state index contributed by atoms with van der Waals surface area (Å²) < 4.78 is 5.39. The zero-order valence-corrected chi connectivity index (χ0v) is 23.7. The number of anilines is 4. The minimum Gasteiger partial charge on any atom is -0.497 e. The molecule has 3 N–H and O–H groups in total. The molecule has 40 heavy (non-hydrogen) atoms. The first-order valence-corrected chi connectivity index (χ1v) is 13.9. The number of aromatic nitrogens is 4. The topological polar surface area (TPSA) is 129 Å². The number of aliphatic hydroxyl groups excluding tert-OH is 1. The number of rotatable bonds is 9. The lowest BCUT2D eigenvalue weighted by Gasteiger charge is -2.34. The molecular formula is C27H29ClN8O3S. The van der Waals surface area contributed by atoms with E-state index in [1.807, 2.05) is 43.3 Å². The summed E-state index contributed by atoms with van der Waals surface area (Å²) in [7, 11) is 1.61. The number of hydrogen-bond acceptors (Lipinski definition) is 11. The Morgan fingerprint density at radius 3 is 2.67 bits per heavy atom. The van der Waals surface area contributed by atoms with Crippen LogP contribution in [0.1, 0.15) is 15.2 Å². The number of carbonyl (C=O) groups is 1. The van der Waals surface area contributed by atoms with Crippen LogP contribution in [0.2, 0.25) is 5.02 Å². The van der Waals surface area contributed by atoms with Crippen LogP contribution < -0.4 is 20.3 Å². The summed E-state index contributed by atoms with van der Waals surface area (Å²) in [5, 5.41) is 16.2. The van der Waals surface area contributed by atoms with E-state index in [-0.39, 0.29) is 12.5 Å². The molecule has 0 unspecified atom stereocenters. The van der Waals surface area contributed by atoms with Gasteiger partial charge in [0.15, 0.2) is 11.0 Å². The fourth-order valence-electron chi connectivity index (χ4n) is 4.26. The number of nitrogens with zero attached hydrogens (tertiary/aromatic N) is 6. The van der Waals surface area contributed by atoms with Crippen LogP contribution in [0.3, 0.4) is 0 Å². The van der Waals surface area contributed by atoms with Gasteiger partial charge in [-0.1, -0.05) is 47.2 Å². The maximum Gasteiger partial charge on any atom is 0.267 e. The Morgan fingerprint density at radius 2 is 1.93 bits per heavy atom. The van der Waals surface area contributed by atoms with Gasteiger partial charge in [-0.15, -0.1) is 0 Å². The molecule has 4 aromatic rings. The molecule has 1 amide bonds. The monoisotopic (exact) mass is 580 g/mol. The van der Waals surface area contributed by atoms with Crippen LogP contribution in [-0.2, 0) is 0 Å². The number of thiazole rings is 1. The summed E-state index contributed by atoms with van der Waals surface area (Å²) in [5.41, 5.74) is 2.21. The molecule has 1 fully saturated rings. The molecule has 0 bridgehead atoms. The molecule has 0 radical (unpaired) electrons. The Kier molecular flexibility index (Phi) is 8.70. The van der Waals surface area contributed by atoms with E-state index in [0.29, 0.717) is 63.8 Å². The largest absolute Gasteiger partial charge is 0.497 e. The van der Waals surface area contributed by atoms with E-state index in [2.05, 4.69) is 35.4 Å². The number of carbonyl (C=O) groups excluding carboxylic acids is 1. The van der Waals surface area contributed by atoms with Gasteiger partial charge in [-0.3, -0.25) is 15.0 Å². The predicted molar refractivity (Wildman–Crippen MR) is 157 cm³/mol. The molecule has 2 aromatic heterocycles. The Balaban J connectivity index is 1.39. The molecule has 0 atom stereocenters. The van der Waals surface area contributed by atoms with Crippen molar-refractivity contribution in [1.82, 2.24) is 24.8 Å². The molecule has 3 heterocycles. The second-order valence-corrected chi connectivity index (χ2v) is 10.5. The summed E-state index contributed by atoms with van der Waals surface area (Å²) in [6, 6.07) is 13.0. The van der Waals surface area contributed by atoms with Gasteiger partial charge in [-0.25, -0.2) is 4.98 Å². The molecule has 208 valence electrons. The molecule has 13 heteroatoms. The van der Waals surface area contributed by atoms with E-state index >= 15 is 0 Å². The molecule has 1 aliphatic heterocycles. The van der Waals surface area contributed by atoms with Crippen molar-refractivity contribution in [2.75, 3.05) is 62.0 Å². The fraction of sp³-hybridized carbons (Fsp3) is 0.296. The van der Waals surface area contributed by atoms with Crippen molar-refractivity contribution in [3.05, 3.63) is 64.1 Å². The third kappa shape index (κ3) is 6.48. The lowest BCUT2D eigenvalue weighted by molar-refractivity contribution is 0.103. The highest BCUT2D eigenvalue weighted by molar-refractivity contribution is 7.17. The summed E-state index contributed by atoms with van der Waals surface area (Å²) in [6.07, 6.45) is 1.50. The number of aryl methyl sites for hydroxylation is 1. The van der Waals surface area contributed by atoms with Crippen LogP contribution in [-0.4, -0.2) is 82.3 Å². The first kappa shape index (κ1) is 27.7. The number of methoxy groups -OCH3 is 1. The van der Waals surface area contributed by atoms with Gasteiger partial charge < -0.3 is 20.1 Å². The summed E-state index contributed by atoms with van der Waals surface area (Å²) in [6.45, 7) is 5.66. The van der Waals surface area contributed by atoms with Crippen molar-refractivity contribution in [2.24, 2.45) is 0 Å². The van der Waals surface area contributed by atoms with E-state index in [1.165, 1.54) is 17.5 Å². The minimum atomic E-state index is -0.309. The Morgan fingerprint density at radius 1 is 1.12 bits per heavy atom.